The highest BCUT2D eigenvalue weighted by molar-refractivity contribution is 5.64. The summed E-state index contributed by atoms with van der Waals surface area (Å²) in [6, 6.07) is 10.2. The predicted molar refractivity (Wildman–Crippen MR) is 74.6 cm³/mol. The molecule has 0 spiro atoms. The molecular weight excluding hydrogens is 238 g/mol. The number of aryl methyl sites for hydroxylation is 1. The standard InChI is InChI=1S/C14H15N5/c1-19-8-7-15-14(19)10-16-12-4-2-3-11(9-12)13-5-6-17-18-13/h2-9,16H,10H2,1H3,(H,17,18). The molecule has 5 heteroatoms. The molecule has 3 rings (SSSR count). The van der Waals surface area contributed by atoms with Gasteiger partial charge in [0.15, 0.2) is 0 Å². The Hall–Kier alpha value is -2.56. The lowest BCUT2D eigenvalue weighted by Crippen LogP contribution is -2.05. The first-order valence-corrected chi connectivity index (χ1v) is 6.13. The lowest BCUT2D eigenvalue weighted by molar-refractivity contribution is 0.813. The van der Waals surface area contributed by atoms with Crippen LogP contribution >= 0.6 is 0 Å². The second kappa shape index (κ2) is 4.97. The molecule has 0 bridgehead atoms. The van der Waals surface area contributed by atoms with Crippen molar-refractivity contribution >= 4 is 5.69 Å². The normalized spacial score (nSPS) is 10.6. The van der Waals surface area contributed by atoms with Gasteiger partial charge in [-0.3, -0.25) is 5.10 Å². The Balaban J connectivity index is 1.75. The fourth-order valence-electron chi connectivity index (χ4n) is 1.96. The van der Waals surface area contributed by atoms with E-state index in [4.69, 9.17) is 0 Å². The van der Waals surface area contributed by atoms with Crippen LogP contribution in [-0.2, 0) is 13.6 Å². The quantitative estimate of drug-likeness (QED) is 0.750. The Kier molecular flexibility index (Phi) is 3.02. The smallest absolute Gasteiger partial charge is 0.127 e. The highest BCUT2D eigenvalue weighted by Crippen LogP contribution is 2.20. The molecule has 96 valence electrons. The number of hydrogen-bond acceptors (Lipinski definition) is 3. The number of anilines is 1. The summed E-state index contributed by atoms with van der Waals surface area (Å²) in [6.07, 6.45) is 5.50. The van der Waals surface area contributed by atoms with E-state index in [1.165, 1.54) is 0 Å². The summed E-state index contributed by atoms with van der Waals surface area (Å²) in [5.74, 6) is 1.01. The predicted octanol–water partition coefficient (Wildman–Crippen LogP) is 2.42. The van der Waals surface area contributed by atoms with Crippen molar-refractivity contribution in [1.82, 2.24) is 19.7 Å². The van der Waals surface area contributed by atoms with Crippen LogP contribution in [0.25, 0.3) is 11.3 Å². The van der Waals surface area contributed by atoms with E-state index in [1.54, 1.807) is 12.4 Å². The summed E-state index contributed by atoms with van der Waals surface area (Å²) < 4.78 is 2.01. The second-order valence-electron chi connectivity index (χ2n) is 4.36. The van der Waals surface area contributed by atoms with Crippen LogP contribution in [0.3, 0.4) is 0 Å². The first kappa shape index (κ1) is 11.5. The largest absolute Gasteiger partial charge is 0.378 e. The summed E-state index contributed by atoms with van der Waals surface area (Å²) >= 11 is 0. The van der Waals surface area contributed by atoms with Crippen LogP contribution < -0.4 is 5.32 Å². The van der Waals surface area contributed by atoms with Gasteiger partial charge in [-0.05, 0) is 18.2 Å². The fraction of sp³-hybridized carbons (Fsp3) is 0.143. The van der Waals surface area contributed by atoms with E-state index in [0.29, 0.717) is 6.54 Å². The minimum absolute atomic E-state index is 0.704. The number of hydrogen-bond donors (Lipinski definition) is 2. The SMILES string of the molecule is Cn1ccnc1CNc1cccc(-c2ccn[nH]2)c1. The van der Waals surface area contributed by atoms with Crippen LogP contribution in [-0.4, -0.2) is 19.7 Å². The van der Waals surface area contributed by atoms with E-state index >= 15 is 0 Å². The van der Waals surface area contributed by atoms with Gasteiger partial charge in [0.05, 0.1) is 12.2 Å². The first-order valence-electron chi connectivity index (χ1n) is 6.13. The minimum atomic E-state index is 0.704. The van der Waals surface area contributed by atoms with Crippen molar-refractivity contribution in [3.8, 4) is 11.3 Å². The van der Waals surface area contributed by atoms with Gasteiger partial charge in [-0.15, -0.1) is 0 Å². The molecule has 1 aromatic carbocycles. The summed E-state index contributed by atoms with van der Waals surface area (Å²) in [5, 5.41) is 10.3. The van der Waals surface area contributed by atoms with E-state index < -0.39 is 0 Å². The number of H-pyrrole nitrogens is 1. The summed E-state index contributed by atoms with van der Waals surface area (Å²) in [4.78, 5) is 4.29. The molecule has 0 aliphatic rings. The van der Waals surface area contributed by atoms with Gasteiger partial charge in [-0.1, -0.05) is 12.1 Å². The molecule has 0 atom stereocenters. The number of aromatic amines is 1. The number of nitrogens with zero attached hydrogens (tertiary/aromatic N) is 3. The molecule has 0 aliphatic heterocycles. The molecule has 0 radical (unpaired) electrons. The van der Waals surface area contributed by atoms with E-state index in [9.17, 15) is 0 Å². The van der Waals surface area contributed by atoms with Gasteiger partial charge in [0.1, 0.15) is 5.82 Å². The zero-order valence-electron chi connectivity index (χ0n) is 10.7. The highest BCUT2D eigenvalue weighted by atomic mass is 15.1. The molecule has 2 aromatic heterocycles. The van der Waals surface area contributed by atoms with Gasteiger partial charge in [0.2, 0.25) is 0 Å². The van der Waals surface area contributed by atoms with Gasteiger partial charge in [0, 0.05) is 36.9 Å². The van der Waals surface area contributed by atoms with Crippen molar-refractivity contribution in [1.29, 1.82) is 0 Å². The van der Waals surface area contributed by atoms with Crippen LogP contribution in [0, 0.1) is 0 Å². The molecular formula is C14H15N5. The summed E-state index contributed by atoms with van der Waals surface area (Å²) in [5.41, 5.74) is 3.19. The Bertz CT molecular complexity index is 654. The molecule has 19 heavy (non-hydrogen) atoms. The zero-order valence-corrected chi connectivity index (χ0v) is 10.7. The molecule has 3 aromatic rings. The van der Waals surface area contributed by atoms with Crippen LogP contribution in [0.1, 0.15) is 5.82 Å². The van der Waals surface area contributed by atoms with Crippen LogP contribution in [0.4, 0.5) is 5.69 Å². The number of benzene rings is 1. The van der Waals surface area contributed by atoms with Gasteiger partial charge in [-0.2, -0.15) is 5.10 Å². The molecule has 2 N–H and O–H groups in total. The van der Waals surface area contributed by atoms with Crippen LogP contribution in [0.5, 0.6) is 0 Å². The van der Waals surface area contributed by atoms with E-state index in [2.05, 4.69) is 32.6 Å². The Labute approximate surface area is 111 Å². The Morgan fingerprint density at radius 1 is 1.26 bits per heavy atom. The van der Waals surface area contributed by atoms with Gasteiger partial charge in [0.25, 0.3) is 0 Å². The highest BCUT2D eigenvalue weighted by Gasteiger charge is 2.02. The molecule has 0 unspecified atom stereocenters. The lowest BCUT2D eigenvalue weighted by atomic mass is 10.1. The molecule has 0 aliphatic carbocycles. The molecule has 0 fully saturated rings. The third-order valence-electron chi connectivity index (χ3n) is 3.05. The molecule has 0 saturated heterocycles. The monoisotopic (exact) mass is 253 g/mol. The maximum atomic E-state index is 4.29. The molecule has 5 nitrogen and oxygen atoms in total. The first-order chi connectivity index (χ1) is 9.33. The Morgan fingerprint density at radius 2 is 2.21 bits per heavy atom. The second-order valence-corrected chi connectivity index (χ2v) is 4.36. The maximum Gasteiger partial charge on any atom is 0.127 e. The fourth-order valence-corrected chi connectivity index (χ4v) is 1.96. The van der Waals surface area contributed by atoms with Gasteiger partial charge < -0.3 is 9.88 Å². The number of rotatable bonds is 4. The molecule has 2 heterocycles. The van der Waals surface area contributed by atoms with E-state index in [1.807, 2.05) is 36.0 Å². The topological polar surface area (TPSA) is 58.5 Å². The third-order valence-corrected chi connectivity index (χ3v) is 3.05. The van der Waals surface area contributed by atoms with Crippen molar-refractivity contribution in [2.75, 3.05) is 5.32 Å². The lowest BCUT2D eigenvalue weighted by Gasteiger charge is -2.07. The minimum Gasteiger partial charge on any atom is -0.378 e. The van der Waals surface area contributed by atoms with Crippen molar-refractivity contribution < 1.29 is 0 Å². The summed E-state index contributed by atoms with van der Waals surface area (Å²) in [6.45, 7) is 0.704. The molecule has 0 amide bonds. The third kappa shape index (κ3) is 2.49. The van der Waals surface area contributed by atoms with Gasteiger partial charge >= 0.3 is 0 Å². The molecule has 0 saturated carbocycles. The number of aromatic nitrogens is 4. The van der Waals surface area contributed by atoms with Gasteiger partial charge in [-0.25, -0.2) is 4.98 Å². The number of imidazole rings is 1. The average molecular weight is 253 g/mol. The van der Waals surface area contributed by atoms with Crippen molar-refractivity contribution in [3.63, 3.8) is 0 Å². The van der Waals surface area contributed by atoms with Crippen LogP contribution in [0.2, 0.25) is 0 Å². The Morgan fingerprint density at radius 3 is 2.95 bits per heavy atom. The average Bonchev–Trinajstić information content (AvgIpc) is 3.08. The zero-order chi connectivity index (χ0) is 13.1. The van der Waals surface area contributed by atoms with E-state index in [0.717, 1.165) is 22.8 Å². The maximum absolute atomic E-state index is 4.29. The van der Waals surface area contributed by atoms with Crippen molar-refractivity contribution in [2.24, 2.45) is 7.05 Å². The van der Waals surface area contributed by atoms with E-state index in [-0.39, 0.29) is 0 Å². The summed E-state index contributed by atoms with van der Waals surface area (Å²) in [7, 11) is 1.99. The van der Waals surface area contributed by atoms with Crippen molar-refractivity contribution in [3.05, 3.63) is 54.7 Å². The van der Waals surface area contributed by atoms with Crippen LogP contribution in [0.15, 0.2) is 48.9 Å². The number of nitrogens with one attached hydrogen (secondary N) is 2. The van der Waals surface area contributed by atoms with Crippen molar-refractivity contribution in [2.45, 2.75) is 6.54 Å².